The summed E-state index contributed by atoms with van der Waals surface area (Å²) >= 11 is 5.91. The predicted molar refractivity (Wildman–Crippen MR) is 60.1 cm³/mol. The summed E-state index contributed by atoms with van der Waals surface area (Å²) in [5.74, 6) is 0.896. The van der Waals surface area contributed by atoms with Crippen molar-refractivity contribution in [2.24, 2.45) is 5.73 Å². The maximum Gasteiger partial charge on any atom is 0.125 e. The Balaban J connectivity index is 2.96. The molecular formula is C11H16ClNO. The summed E-state index contributed by atoms with van der Waals surface area (Å²) in [5, 5.41) is 0.743. The largest absolute Gasteiger partial charge is 0.489 e. The van der Waals surface area contributed by atoms with E-state index < -0.39 is 0 Å². The van der Waals surface area contributed by atoms with Crippen molar-refractivity contribution in [1.29, 1.82) is 0 Å². The first-order valence-corrected chi connectivity index (χ1v) is 5.06. The molecule has 1 rings (SSSR count). The monoisotopic (exact) mass is 213 g/mol. The normalized spacial score (nSPS) is 12.6. The Bertz CT molecular complexity index is 302. The lowest BCUT2D eigenvalue weighted by molar-refractivity contribution is 0.227. The van der Waals surface area contributed by atoms with Crippen molar-refractivity contribution in [1.82, 2.24) is 0 Å². The first-order chi connectivity index (χ1) is 6.54. The van der Waals surface area contributed by atoms with Crippen LogP contribution in [0.1, 0.15) is 18.1 Å². The molecule has 0 saturated carbocycles. The first-order valence-electron chi connectivity index (χ1n) is 4.68. The third-order valence-electron chi connectivity index (χ3n) is 2.08. The van der Waals surface area contributed by atoms with Gasteiger partial charge in [0.25, 0.3) is 0 Å². The van der Waals surface area contributed by atoms with Crippen LogP contribution in [0, 0.1) is 13.8 Å². The zero-order valence-electron chi connectivity index (χ0n) is 8.80. The summed E-state index contributed by atoms with van der Waals surface area (Å²) in [7, 11) is 0. The third-order valence-corrected chi connectivity index (χ3v) is 2.29. The molecule has 1 atom stereocenters. The van der Waals surface area contributed by atoms with Gasteiger partial charge in [0.1, 0.15) is 11.9 Å². The zero-order valence-corrected chi connectivity index (χ0v) is 9.56. The van der Waals surface area contributed by atoms with Crippen LogP contribution >= 0.6 is 11.6 Å². The molecular weight excluding hydrogens is 198 g/mol. The average molecular weight is 214 g/mol. The summed E-state index contributed by atoms with van der Waals surface area (Å²) in [5.41, 5.74) is 7.60. The Kier molecular flexibility index (Phi) is 3.78. The minimum absolute atomic E-state index is 0.0357. The van der Waals surface area contributed by atoms with Crippen LogP contribution in [0.15, 0.2) is 12.1 Å². The molecule has 1 aromatic rings. The number of ether oxygens (including phenoxy) is 1. The number of nitrogens with two attached hydrogens (primary N) is 1. The highest BCUT2D eigenvalue weighted by Gasteiger charge is 2.08. The molecule has 0 radical (unpaired) electrons. The Morgan fingerprint density at radius 2 is 1.86 bits per heavy atom. The van der Waals surface area contributed by atoms with Gasteiger partial charge in [0.2, 0.25) is 0 Å². The Labute approximate surface area is 90.0 Å². The van der Waals surface area contributed by atoms with Crippen molar-refractivity contribution in [2.75, 3.05) is 6.54 Å². The molecule has 0 saturated heterocycles. The van der Waals surface area contributed by atoms with Gasteiger partial charge in [-0.3, -0.25) is 0 Å². The minimum atomic E-state index is 0.0357. The molecule has 1 unspecified atom stereocenters. The SMILES string of the molecule is Cc1cc(Cl)cc(C)c1OC(C)CN. The molecule has 78 valence electrons. The van der Waals surface area contributed by atoms with E-state index in [1.165, 1.54) is 0 Å². The van der Waals surface area contributed by atoms with Gasteiger partial charge >= 0.3 is 0 Å². The van der Waals surface area contributed by atoms with Gasteiger partial charge in [-0.2, -0.15) is 0 Å². The summed E-state index contributed by atoms with van der Waals surface area (Å²) in [6.07, 6.45) is 0.0357. The van der Waals surface area contributed by atoms with Crippen LogP contribution in [0.2, 0.25) is 5.02 Å². The summed E-state index contributed by atoms with van der Waals surface area (Å²) in [6.45, 7) is 6.43. The van der Waals surface area contributed by atoms with Gasteiger partial charge in [-0.15, -0.1) is 0 Å². The van der Waals surface area contributed by atoms with Crippen LogP contribution in [0.4, 0.5) is 0 Å². The first kappa shape index (κ1) is 11.3. The highest BCUT2D eigenvalue weighted by atomic mass is 35.5. The molecule has 0 aliphatic carbocycles. The lowest BCUT2D eigenvalue weighted by Gasteiger charge is -2.17. The zero-order chi connectivity index (χ0) is 10.7. The molecule has 0 aliphatic rings. The minimum Gasteiger partial charge on any atom is -0.489 e. The molecule has 0 heterocycles. The van der Waals surface area contributed by atoms with Crippen LogP contribution in [0.5, 0.6) is 5.75 Å². The van der Waals surface area contributed by atoms with E-state index in [0.29, 0.717) is 6.54 Å². The number of rotatable bonds is 3. The predicted octanol–water partition coefficient (Wildman–Crippen LogP) is 2.68. The topological polar surface area (TPSA) is 35.2 Å². The second kappa shape index (κ2) is 4.67. The Morgan fingerprint density at radius 3 is 2.29 bits per heavy atom. The number of hydrogen-bond donors (Lipinski definition) is 1. The van der Waals surface area contributed by atoms with Crippen molar-refractivity contribution >= 4 is 11.6 Å². The maximum absolute atomic E-state index is 5.91. The fourth-order valence-corrected chi connectivity index (χ4v) is 1.66. The second-order valence-corrected chi connectivity index (χ2v) is 3.97. The second-order valence-electron chi connectivity index (χ2n) is 3.53. The highest BCUT2D eigenvalue weighted by Crippen LogP contribution is 2.27. The molecule has 2 nitrogen and oxygen atoms in total. The van der Waals surface area contributed by atoms with Crippen LogP contribution in [0.3, 0.4) is 0 Å². The van der Waals surface area contributed by atoms with Gasteiger partial charge in [-0.05, 0) is 44.0 Å². The van der Waals surface area contributed by atoms with Gasteiger partial charge in [0.15, 0.2) is 0 Å². The molecule has 0 spiro atoms. The van der Waals surface area contributed by atoms with E-state index in [1.807, 2.05) is 32.9 Å². The molecule has 1 aromatic carbocycles. The van der Waals surface area contributed by atoms with E-state index in [-0.39, 0.29) is 6.10 Å². The van der Waals surface area contributed by atoms with Crippen molar-refractivity contribution in [3.05, 3.63) is 28.3 Å². The van der Waals surface area contributed by atoms with Crippen LogP contribution < -0.4 is 10.5 Å². The molecule has 0 aliphatic heterocycles. The molecule has 0 amide bonds. The van der Waals surface area contributed by atoms with Crippen molar-refractivity contribution in [3.63, 3.8) is 0 Å². The fraction of sp³-hybridized carbons (Fsp3) is 0.455. The summed E-state index contributed by atoms with van der Waals surface area (Å²) < 4.78 is 5.70. The average Bonchev–Trinajstić information content (AvgIpc) is 2.10. The molecule has 0 bridgehead atoms. The third kappa shape index (κ3) is 2.63. The molecule has 3 heteroatoms. The van der Waals surface area contributed by atoms with E-state index in [2.05, 4.69) is 0 Å². The van der Waals surface area contributed by atoms with Gasteiger partial charge in [0, 0.05) is 11.6 Å². The van der Waals surface area contributed by atoms with Crippen molar-refractivity contribution in [2.45, 2.75) is 26.9 Å². The maximum atomic E-state index is 5.91. The van der Waals surface area contributed by atoms with Gasteiger partial charge < -0.3 is 10.5 Å². The number of benzene rings is 1. The van der Waals surface area contributed by atoms with E-state index in [1.54, 1.807) is 0 Å². The van der Waals surface area contributed by atoms with Gasteiger partial charge in [-0.25, -0.2) is 0 Å². The molecule has 14 heavy (non-hydrogen) atoms. The molecule has 0 aromatic heterocycles. The smallest absolute Gasteiger partial charge is 0.125 e. The van der Waals surface area contributed by atoms with E-state index in [9.17, 15) is 0 Å². The lowest BCUT2D eigenvalue weighted by Crippen LogP contribution is -2.23. The van der Waals surface area contributed by atoms with Crippen LogP contribution in [0.25, 0.3) is 0 Å². The number of aryl methyl sites for hydroxylation is 2. The summed E-state index contributed by atoms with van der Waals surface area (Å²) in [6, 6.07) is 3.79. The molecule has 2 N–H and O–H groups in total. The van der Waals surface area contributed by atoms with E-state index in [0.717, 1.165) is 21.9 Å². The van der Waals surface area contributed by atoms with Crippen LogP contribution in [-0.4, -0.2) is 12.6 Å². The molecule has 0 fully saturated rings. The summed E-state index contributed by atoms with van der Waals surface area (Å²) in [4.78, 5) is 0. The van der Waals surface area contributed by atoms with Gasteiger partial charge in [0.05, 0.1) is 0 Å². The highest BCUT2D eigenvalue weighted by molar-refractivity contribution is 6.30. The van der Waals surface area contributed by atoms with Gasteiger partial charge in [-0.1, -0.05) is 11.6 Å². The van der Waals surface area contributed by atoms with Crippen LogP contribution in [-0.2, 0) is 0 Å². The number of halogens is 1. The fourth-order valence-electron chi connectivity index (χ4n) is 1.33. The van der Waals surface area contributed by atoms with Crippen molar-refractivity contribution < 1.29 is 4.74 Å². The Hall–Kier alpha value is -0.730. The van der Waals surface area contributed by atoms with E-state index in [4.69, 9.17) is 22.1 Å². The number of hydrogen-bond acceptors (Lipinski definition) is 2. The quantitative estimate of drug-likeness (QED) is 0.838. The standard InChI is InChI=1S/C11H16ClNO/c1-7-4-10(12)5-8(2)11(7)14-9(3)6-13/h4-5,9H,6,13H2,1-3H3. The van der Waals surface area contributed by atoms with E-state index >= 15 is 0 Å². The lowest BCUT2D eigenvalue weighted by atomic mass is 10.1. The Morgan fingerprint density at radius 1 is 1.36 bits per heavy atom. The van der Waals surface area contributed by atoms with Crippen molar-refractivity contribution in [3.8, 4) is 5.75 Å².